The standard InChI is InChI=1S/C21H23ClN4O6/c1-12(9-19(27)23-15-10-13(22)5-7-17(15)31-3)25-26-21(29)20(28)24-16-11-14(30-2)6-8-18(16)32-4/h5-8,10-11H,9H2,1-4H3,(H,23,27)(H,24,28)(H,26,29). The molecule has 0 saturated heterocycles. The van der Waals surface area contributed by atoms with Crippen molar-refractivity contribution >= 4 is 46.4 Å². The summed E-state index contributed by atoms with van der Waals surface area (Å²) in [6.07, 6.45) is -0.138. The van der Waals surface area contributed by atoms with Crippen LogP contribution in [-0.4, -0.2) is 44.8 Å². The minimum absolute atomic E-state index is 0.138. The van der Waals surface area contributed by atoms with Crippen molar-refractivity contribution in [2.45, 2.75) is 13.3 Å². The average molecular weight is 463 g/mol. The minimum Gasteiger partial charge on any atom is -0.497 e. The molecular weight excluding hydrogens is 440 g/mol. The number of methoxy groups -OCH3 is 3. The number of carbonyl (C=O) groups is 3. The van der Waals surface area contributed by atoms with Crippen LogP contribution in [0.2, 0.25) is 5.02 Å². The summed E-state index contributed by atoms with van der Waals surface area (Å²) in [5.74, 6) is -1.15. The highest BCUT2D eigenvalue weighted by atomic mass is 35.5. The number of anilines is 2. The highest BCUT2D eigenvalue weighted by Crippen LogP contribution is 2.29. The van der Waals surface area contributed by atoms with Gasteiger partial charge in [0.05, 0.1) is 39.1 Å². The van der Waals surface area contributed by atoms with Gasteiger partial charge >= 0.3 is 11.8 Å². The third kappa shape index (κ3) is 6.88. The van der Waals surface area contributed by atoms with Crippen LogP contribution in [0.15, 0.2) is 41.5 Å². The number of hydrogen-bond donors (Lipinski definition) is 3. The molecule has 0 aliphatic rings. The Kier molecular flexibility index (Phi) is 8.84. The molecule has 0 bridgehead atoms. The summed E-state index contributed by atoms with van der Waals surface area (Å²) < 4.78 is 15.4. The maximum absolute atomic E-state index is 12.2. The Labute approximate surface area is 189 Å². The molecule has 3 amide bonds. The number of ether oxygens (including phenoxy) is 3. The number of hydrogen-bond acceptors (Lipinski definition) is 7. The van der Waals surface area contributed by atoms with Crippen molar-refractivity contribution in [3.63, 3.8) is 0 Å². The number of hydrazone groups is 1. The Balaban J connectivity index is 1.95. The molecule has 11 heteroatoms. The molecule has 0 saturated carbocycles. The summed E-state index contributed by atoms with van der Waals surface area (Å²) >= 11 is 5.94. The molecule has 0 unspecified atom stereocenters. The van der Waals surface area contributed by atoms with Crippen molar-refractivity contribution < 1.29 is 28.6 Å². The summed E-state index contributed by atoms with van der Waals surface area (Å²) in [6.45, 7) is 1.53. The van der Waals surface area contributed by atoms with Gasteiger partial charge in [0.1, 0.15) is 17.2 Å². The molecule has 0 spiro atoms. The lowest BCUT2D eigenvalue weighted by molar-refractivity contribution is -0.136. The first kappa shape index (κ1) is 24.5. The molecule has 10 nitrogen and oxygen atoms in total. The third-order valence-electron chi connectivity index (χ3n) is 4.06. The molecule has 170 valence electrons. The molecular formula is C21H23ClN4O6. The highest BCUT2D eigenvalue weighted by molar-refractivity contribution is 6.39. The van der Waals surface area contributed by atoms with Crippen molar-refractivity contribution in [3.05, 3.63) is 41.4 Å². The predicted molar refractivity (Wildman–Crippen MR) is 121 cm³/mol. The van der Waals surface area contributed by atoms with E-state index in [4.69, 9.17) is 25.8 Å². The van der Waals surface area contributed by atoms with Gasteiger partial charge in [-0.2, -0.15) is 5.10 Å². The van der Waals surface area contributed by atoms with E-state index in [1.807, 2.05) is 0 Å². The lowest BCUT2D eigenvalue weighted by Gasteiger charge is -2.11. The quantitative estimate of drug-likeness (QED) is 0.314. The zero-order chi connectivity index (χ0) is 23.7. The topological polar surface area (TPSA) is 127 Å². The number of nitrogens with zero attached hydrogens (tertiary/aromatic N) is 1. The Morgan fingerprint density at radius 1 is 0.875 bits per heavy atom. The molecule has 0 aliphatic heterocycles. The largest absolute Gasteiger partial charge is 0.497 e. The van der Waals surface area contributed by atoms with E-state index in [1.54, 1.807) is 30.3 Å². The van der Waals surface area contributed by atoms with Crippen molar-refractivity contribution in [2.24, 2.45) is 5.10 Å². The van der Waals surface area contributed by atoms with E-state index >= 15 is 0 Å². The first-order chi connectivity index (χ1) is 15.3. The first-order valence-electron chi connectivity index (χ1n) is 9.27. The maximum Gasteiger partial charge on any atom is 0.329 e. The van der Waals surface area contributed by atoms with E-state index < -0.39 is 17.7 Å². The number of halogens is 1. The van der Waals surface area contributed by atoms with Gasteiger partial charge in [0.15, 0.2) is 0 Å². The van der Waals surface area contributed by atoms with E-state index in [-0.39, 0.29) is 17.8 Å². The van der Waals surface area contributed by atoms with Gasteiger partial charge in [-0.1, -0.05) is 11.6 Å². The Hall–Kier alpha value is -3.79. The summed E-state index contributed by atoms with van der Waals surface area (Å²) in [4.78, 5) is 36.5. The van der Waals surface area contributed by atoms with Gasteiger partial charge in [-0.15, -0.1) is 0 Å². The summed E-state index contributed by atoms with van der Waals surface area (Å²) in [7, 11) is 4.36. The van der Waals surface area contributed by atoms with E-state index in [9.17, 15) is 14.4 Å². The van der Waals surface area contributed by atoms with Gasteiger partial charge in [-0.05, 0) is 37.3 Å². The lowest BCUT2D eigenvalue weighted by Crippen LogP contribution is -2.33. The molecule has 0 heterocycles. The molecule has 32 heavy (non-hydrogen) atoms. The number of nitrogens with one attached hydrogen (secondary N) is 3. The summed E-state index contributed by atoms with van der Waals surface area (Å²) in [5, 5.41) is 9.29. The molecule has 0 atom stereocenters. The van der Waals surface area contributed by atoms with E-state index in [0.29, 0.717) is 28.0 Å². The molecule has 0 aromatic heterocycles. The zero-order valence-electron chi connectivity index (χ0n) is 17.9. The second kappa shape index (κ2) is 11.6. The summed E-state index contributed by atoms with van der Waals surface area (Å²) in [5.41, 5.74) is 3.02. The van der Waals surface area contributed by atoms with Crippen molar-refractivity contribution in [1.82, 2.24) is 5.43 Å². The monoisotopic (exact) mass is 462 g/mol. The van der Waals surface area contributed by atoms with Crippen LogP contribution in [0.3, 0.4) is 0 Å². The second-order valence-electron chi connectivity index (χ2n) is 6.38. The Morgan fingerprint density at radius 2 is 1.50 bits per heavy atom. The van der Waals surface area contributed by atoms with Crippen LogP contribution in [0.4, 0.5) is 11.4 Å². The van der Waals surface area contributed by atoms with Crippen molar-refractivity contribution in [1.29, 1.82) is 0 Å². The Morgan fingerprint density at radius 3 is 2.12 bits per heavy atom. The van der Waals surface area contributed by atoms with E-state index in [1.165, 1.54) is 34.3 Å². The molecule has 2 aromatic rings. The number of carbonyl (C=O) groups excluding carboxylic acids is 3. The minimum atomic E-state index is -1.02. The van der Waals surface area contributed by atoms with Gasteiger partial charge in [-0.25, -0.2) is 5.43 Å². The van der Waals surface area contributed by atoms with Crippen LogP contribution in [-0.2, 0) is 14.4 Å². The number of rotatable bonds is 8. The lowest BCUT2D eigenvalue weighted by atomic mass is 10.2. The third-order valence-corrected chi connectivity index (χ3v) is 4.30. The van der Waals surface area contributed by atoms with Gasteiger partial charge in [0.2, 0.25) is 5.91 Å². The predicted octanol–water partition coefficient (Wildman–Crippen LogP) is 2.83. The van der Waals surface area contributed by atoms with Crippen LogP contribution in [0.5, 0.6) is 17.2 Å². The van der Waals surface area contributed by atoms with Crippen LogP contribution in [0.1, 0.15) is 13.3 Å². The SMILES string of the molecule is COc1ccc(OC)c(NC(=O)C(=O)NN=C(C)CC(=O)Nc2cc(Cl)ccc2OC)c1. The number of benzene rings is 2. The Bertz CT molecular complexity index is 1040. The molecule has 3 N–H and O–H groups in total. The number of amides is 3. The summed E-state index contributed by atoms with van der Waals surface area (Å²) in [6, 6.07) is 9.53. The van der Waals surface area contributed by atoms with Gasteiger partial charge in [0.25, 0.3) is 0 Å². The van der Waals surface area contributed by atoms with Crippen LogP contribution in [0, 0.1) is 0 Å². The van der Waals surface area contributed by atoms with Crippen molar-refractivity contribution in [3.8, 4) is 17.2 Å². The molecule has 0 aliphatic carbocycles. The fraction of sp³-hybridized carbons (Fsp3) is 0.238. The normalized spacial score (nSPS) is 10.7. The van der Waals surface area contributed by atoms with Gasteiger partial charge < -0.3 is 24.8 Å². The fourth-order valence-electron chi connectivity index (χ4n) is 2.53. The van der Waals surface area contributed by atoms with E-state index in [0.717, 1.165) is 0 Å². The molecule has 2 aromatic carbocycles. The average Bonchev–Trinajstić information content (AvgIpc) is 2.77. The fourth-order valence-corrected chi connectivity index (χ4v) is 2.70. The van der Waals surface area contributed by atoms with Gasteiger partial charge in [-0.3, -0.25) is 14.4 Å². The van der Waals surface area contributed by atoms with Crippen LogP contribution in [0.25, 0.3) is 0 Å². The van der Waals surface area contributed by atoms with E-state index in [2.05, 4.69) is 21.2 Å². The molecule has 0 fully saturated rings. The van der Waals surface area contributed by atoms with Gasteiger partial charge in [0, 0.05) is 16.8 Å². The van der Waals surface area contributed by atoms with Crippen LogP contribution >= 0.6 is 11.6 Å². The molecule has 2 rings (SSSR count). The molecule has 0 radical (unpaired) electrons. The highest BCUT2D eigenvalue weighted by Gasteiger charge is 2.17. The zero-order valence-corrected chi connectivity index (χ0v) is 18.7. The van der Waals surface area contributed by atoms with Crippen molar-refractivity contribution in [2.75, 3.05) is 32.0 Å². The van der Waals surface area contributed by atoms with Crippen LogP contribution < -0.4 is 30.3 Å². The maximum atomic E-state index is 12.2. The first-order valence-corrected chi connectivity index (χ1v) is 9.65. The smallest absolute Gasteiger partial charge is 0.329 e. The second-order valence-corrected chi connectivity index (χ2v) is 6.81.